The van der Waals surface area contributed by atoms with E-state index in [-0.39, 0.29) is 11.3 Å². The van der Waals surface area contributed by atoms with Crippen molar-refractivity contribution in [3.8, 4) is 16.9 Å². The molecule has 0 fully saturated rings. The molecule has 1 aromatic carbocycles. The average molecular weight is 360 g/mol. The van der Waals surface area contributed by atoms with Crippen LogP contribution in [-0.4, -0.2) is 31.1 Å². The molecular formula is C20H16N4O3. The minimum absolute atomic E-state index is 0.0235. The van der Waals surface area contributed by atoms with E-state index in [0.717, 1.165) is 16.5 Å². The van der Waals surface area contributed by atoms with Gasteiger partial charge in [-0.25, -0.2) is 9.78 Å². The maximum absolute atomic E-state index is 11.3. The van der Waals surface area contributed by atoms with Crippen molar-refractivity contribution in [2.75, 3.05) is 5.32 Å². The molecular weight excluding hydrogens is 344 g/mol. The number of nitrogens with zero attached hydrogens (tertiary/aromatic N) is 2. The van der Waals surface area contributed by atoms with Gasteiger partial charge in [-0.15, -0.1) is 0 Å². The fourth-order valence-corrected chi connectivity index (χ4v) is 2.95. The molecule has 0 aliphatic carbocycles. The number of carboxylic acid groups (broad SMARTS) is 1. The van der Waals surface area contributed by atoms with E-state index in [1.807, 2.05) is 24.3 Å². The molecule has 7 heteroatoms. The SMILES string of the molecule is O=C(O)c1cc(O)cc(-c2cc(NCc3cccnc3)nc3[nH]ccc23)c1. The first-order valence-corrected chi connectivity index (χ1v) is 8.29. The van der Waals surface area contributed by atoms with E-state index in [1.54, 1.807) is 24.7 Å². The van der Waals surface area contributed by atoms with Crippen LogP contribution in [0.1, 0.15) is 15.9 Å². The number of carboxylic acids is 1. The molecule has 27 heavy (non-hydrogen) atoms. The number of phenolic OH excluding ortho intramolecular Hbond substituents is 1. The molecule has 0 spiro atoms. The number of hydrogen-bond donors (Lipinski definition) is 4. The zero-order chi connectivity index (χ0) is 18.8. The highest BCUT2D eigenvalue weighted by Gasteiger charge is 2.13. The lowest BCUT2D eigenvalue weighted by molar-refractivity contribution is 0.0696. The number of aromatic nitrogens is 3. The number of aromatic carboxylic acids is 1. The monoisotopic (exact) mass is 360 g/mol. The van der Waals surface area contributed by atoms with Crippen LogP contribution in [0.2, 0.25) is 0 Å². The van der Waals surface area contributed by atoms with Gasteiger partial charge in [-0.05, 0) is 53.1 Å². The van der Waals surface area contributed by atoms with Crippen LogP contribution in [0, 0.1) is 0 Å². The van der Waals surface area contributed by atoms with Gasteiger partial charge in [0.2, 0.25) is 0 Å². The third-order valence-corrected chi connectivity index (χ3v) is 4.20. The number of rotatable bonds is 5. The number of carbonyl (C=O) groups is 1. The molecule has 7 nitrogen and oxygen atoms in total. The lowest BCUT2D eigenvalue weighted by Crippen LogP contribution is -2.02. The molecule has 0 saturated heterocycles. The van der Waals surface area contributed by atoms with Crippen molar-refractivity contribution in [2.45, 2.75) is 6.54 Å². The second-order valence-corrected chi connectivity index (χ2v) is 6.08. The van der Waals surface area contributed by atoms with Crippen LogP contribution in [0.4, 0.5) is 5.82 Å². The molecule has 4 N–H and O–H groups in total. The predicted octanol–water partition coefficient (Wildman–Crippen LogP) is 3.64. The second-order valence-electron chi connectivity index (χ2n) is 6.08. The van der Waals surface area contributed by atoms with E-state index in [9.17, 15) is 15.0 Å². The number of nitrogens with one attached hydrogen (secondary N) is 2. The maximum Gasteiger partial charge on any atom is 0.335 e. The van der Waals surface area contributed by atoms with Crippen LogP contribution in [0.3, 0.4) is 0 Å². The van der Waals surface area contributed by atoms with Crippen molar-refractivity contribution >= 4 is 22.8 Å². The summed E-state index contributed by atoms with van der Waals surface area (Å²) in [5, 5.41) is 23.3. The Labute approximate surface area is 154 Å². The number of pyridine rings is 2. The highest BCUT2D eigenvalue weighted by Crippen LogP contribution is 2.32. The minimum atomic E-state index is -1.10. The highest BCUT2D eigenvalue weighted by atomic mass is 16.4. The summed E-state index contributed by atoms with van der Waals surface area (Å²) in [6.07, 6.45) is 5.26. The van der Waals surface area contributed by atoms with Crippen molar-refractivity contribution in [1.82, 2.24) is 15.0 Å². The minimum Gasteiger partial charge on any atom is -0.508 e. The van der Waals surface area contributed by atoms with Crippen LogP contribution in [0.15, 0.2) is 61.1 Å². The van der Waals surface area contributed by atoms with Crippen molar-refractivity contribution < 1.29 is 15.0 Å². The molecule has 0 radical (unpaired) electrons. The molecule has 3 aromatic heterocycles. The topological polar surface area (TPSA) is 111 Å². The number of hydrogen-bond acceptors (Lipinski definition) is 5. The van der Waals surface area contributed by atoms with Gasteiger partial charge in [0.1, 0.15) is 17.2 Å². The van der Waals surface area contributed by atoms with Crippen molar-refractivity contribution in [2.24, 2.45) is 0 Å². The first-order chi connectivity index (χ1) is 13.1. The zero-order valence-corrected chi connectivity index (χ0v) is 14.2. The van der Waals surface area contributed by atoms with Crippen LogP contribution in [0.25, 0.3) is 22.2 Å². The van der Waals surface area contributed by atoms with Gasteiger partial charge in [-0.2, -0.15) is 0 Å². The standard InChI is InChI=1S/C20H16N4O3/c25-15-7-13(6-14(8-15)20(26)27)17-9-18(24-19-16(17)3-5-22-19)23-11-12-2-1-4-21-10-12/h1-10,25H,11H2,(H,26,27)(H2,22,23,24). The third kappa shape index (κ3) is 3.43. The van der Waals surface area contributed by atoms with E-state index >= 15 is 0 Å². The molecule has 3 heterocycles. The van der Waals surface area contributed by atoms with Gasteiger partial charge in [0.05, 0.1) is 5.56 Å². The molecule has 0 aliphatic rings. The van der Waals surface area contributed by atoms with E-state index in [0.29, 0.717) is 23.6 Å². The van der Waals surface area contributed by atoms with Gasteiger partial charge < -0.3 is 20.5 Å². The average Bonchev–Trinajstić information content (AvgIpc) is 3.14. The summed E-state index contributed by atoms with van der Waals surface area (Å²) >= 11 is 0. The number of benzene rings is 1. The van der Waals surface area contributed by atoms with Crippen LogP contribution < -0.4 is 5.32 Å². The molecule has 134 valence electrons. The Kier molecular flexibility index (Phi) is 4.18. The third-order valence-electron chi connectivity index (χ3n) is 4.20. The summed E-state index contributed by atoms with van der Waals surface area (Å²) in [5.41, 5.74) is 3.08. The van der Waals surface area contributed by atoms with Crippen LogP contribution >= 0.6 is 0 Å². The number of aromatic hydroxyl groups is 1. The molecule has 0 aliphatic heterocycles. The Morgan fingerprint density at radius 1 is 1.19 bits per heavy atom. The van der Waals surface area contributed by atoms with Crippen molar-refractivity contribution in [3.63, 3.8) is 0 Å². The molecule has 0 bridgehead atoms. The van der Waals surface area contributed by atoms with Gasteiger partial charge >= 0.3 is 5.97 Å². The van der Waals surface area contributed by atoms with Gasteiger partial charge in [0.25, 0.3) is 0 Å². The molecule has 0 amide bonds. The van der Waals surface area contributed by atoms with E-state index < -0.39 is 5.97 Å². The van der Waals surface area contributed by atoms with Gasteiger partial charge in [-0.3, -0.25) is 4.98 Å². The van der Waals surface area contributed by atoms with E-state index in [4.69, 9.17) is 0 Å². The Balaban J connectivity index is 1.76. The lowest BCUT2D eigenvalue weighted by atomic mass is 10.0. The molecule has 0 atom stereocenters. The lowest BCUT2D eigenvalue weighted by Gasteiger charge is -2.11. The Hall–Kier alpha value is -3.87. The van der Waals surface area contributed by atoms with Gasteiger partial charge in [0.15, 0.2) is 0 Å². The predicted molar refractivity (Wildman–Crippen MR) is 102 cm³/mol. The Morgan fingerprint density at radius 2 is 2.07 bits per heavy atom. The van der Waals surface area contributed by atoms with Crippen molar-refractivity contribution in [3.05, 3.63) is 72.2 Å². The van der Waals surface area contributed by atoms with Crippen LogP contribution in [0.5, 0.6) is 5.75 Å². The number of fused-ring (bicyclic) bond motifs is 1. The number of H-pyrrole nitrogens is 1. The second kappa shape index (κ2) is 6.80. The number of aromatic amines is 1. The number of anilines is 1. The van der Waals surface area contributed by atoms with E-state index in [2.05, 4.69) is 20.3 Å². The first-order valence-electron chi connectivity index (χ1n) is 8.29. The highest BCUT2D eigenvalue weighted by molar-refractivity contribution is 5.97. The van der Waals surface area contributed by atoms with Gasteiger partial charge in [-0.1, -0.05) is 6.07 Å². The summed E-state index contributed by atoms with van der Waals surface area (Å²) in [6, 6.07) is 11.8. The quantitative estimate of drug-likeness (QED) is 0.432. The maximum atomic E-state index is 11.3. The first kappa shape index (κ1) is 16.6. The van der Waals surface area contributed by atoms with Gasteiger partial charge in [0, 0.05) is 30.5 Å². The summed E-state index contributed by atoms with van der Waals surface area (Å²) in [5.74, 6) is -0.569. The molecule has 0 unspecified atom stereocenters. The summed E-state index contributed by atoms with van der Waals surface area (Å²) in [6.45, 7) is 0.549. The normalized spacial score (nSPS) is 10.8. The number of phenols is 1. The molecule has 4 rings (SSSR count). The van der Waals surface area contributed by atoms with Crippen LogP contribution in [-0.2, 0) is 6.54 Å². The van der Waals surface area contributed by atoms with E-state index in [1.165, 1.54) is 12.1 Å². The fraction of sp³-hybridized carbons (Fsp3) is 0.0500. The van der Waals surface area contributed by atoms with Crippen molar-refractivity contribution in [1.29, 1.82) is 0 Å². The smallest absolute Gasteiger partial charge is 0.335 e. The Morgan fingerprint density at radius 3 is 2.85 bits per heavy atom. The summed E-state index contributed by atoms with van der Waals surface area (Å²) < 4.78 is 0. The fourth-order valence-electron chi connectivity index (χ4n) is 2.95. The zero-order valence-electron chi connectivity index (χ0n) is 14.2. The largest absolute Gasteiger partial charge is 0.508 e. The Bertz CT molecular complexity index is 1120. The summed E-state index contributed by atoms with van der Waals surface area (Å²) in [7, 11) is 0. The molecule has 4 aromatic rings. The molecule has 0 saturated carbocycles. The summed E-state index contributed by atoms with van der Waals surface area (Å²) in [4.78, 5) is 23.0.